The summed E-state index contributed by atoms with van der Waals surface area (Å²) < 4.78 is 11.0. The van der Waals surface area contributed by atoms with E-state index in [2.05, 4.69) is 15.5 Å². The van der Waals surface area contributed by atoms with Gasteiger partial charge >= 0.3 is 6.01 Å². The molecule has 3 aromatic rings. The van der Waals surface area contributed by atoms with Crippen molar-refractivity contribution in [3.8, 4) is 5.75 Å². The van der Waals surface area contributed by atoms with Crippen LogP contribution in [0, 0.1) is 0 Å². The minimum atomic E-state index is -0.236. The molecule has 0 aliphatic heterocycles. The van der Waals surface area contributed by atoms with E-state index in [4.69, 9.17) is 9.15 Å². The molecular weight excluding hydrogens is 350 g/mol. The molecular formula is C19H19N3O3S. The van der Waals surface area contributed by atoms with Crippen molar-refractivity contribution in [2.45, 2.75) is 17.7 Å². The number of carbonyl (C=O) groups excluding carboxylic acids is 1. The quantitative estimate of drug-likeness (QED) is 0.609. The largest absolute Gasteiger partial charge is 0.493 e. The van der Waals surface area contributed by atoms with Crippen LogP contribution in [0.4, 0.5) is 6.01 Å². The number of amides is 1. The molecule has 1 amide bonds. The number of carbonyl (C=O) groups is 1. The van der Waals surface area contributed by atoms with Gasteiger partial charge in [-0.2, -0.15) is 0 Å². The summed E-state index contributed by atoms with van der Waals surface area (Å²) in [5, 5.41) is 10.4. The van der Waals surface area contributed by atoms with Crippen LogP contribution in [0.25, 0.3) is 0 Å². The highest BCUT2D eigenvalue weighted by molar-refractivity contribution is 7.98. The van der Waals surface area contributed by atoms with Gasteiger partial charge in [0.15, 0.2) is 0 Å². The Morgan fingerprint density at radius 1 is 1.12 bits per heavy atom. The summed E-state index contributed by atoms with van der Waals surface area (Å²) >= 11 is 1.69. The Bertz CT molecular complexity index is 835. The van der Waals surface area contributed by atoms with Crippen LogP contribution in [-0.2, 0) is 11.2 Å². The van der Waals surface area contributed by atoms with E-state index in [0.29, 0.717) is 12.3 Å². The van der Waals surface area contributed by atoms with E-state index < -0.39 is 0 Å². The van der Waals surface area contributed by atoms with Crippen molar-refractivity contribution >= 4 is 23.7 Å². The molecule has 0 atom stereocenters. The molecule has 3 rings (SSSR count). The maximum absolute atomic E-state index is 11.9. The molecule has 7 heteroatoms. The number of hydrogen-bond acceptors (Lipinski definition) is 6. The Labute approximate surface area is 156 Å². The zero-order valence-corrected chi connectivity index (χ0v) is 15.2. The second kappa shape index (κ2) is 9.05. The third kappa shape index (κ3) is 5.35. The summed E-state index contributed by atoms with van der Waals surface area (Å²) in [6, 6.07) is 17.6. The number of nitrogens with one attached hydrogen (secondary N) is 1. The number of rotatable bonds is 8. The van der Waals surface area contributed by atoms with Gasteiger partial charge in [-0.3, -0.25) is 10.1 Å². The Hall–Kier alpha value is -2.80. The van der Waals surface area contributed by atoms with Gasteiger partial charge in [-0.1, -0.05) is 35.4 Å². The van der Waals surface area contributed by atoms with Crippen molar-refractivity contribution in [1.82, 2.24) is 10.2 Å². The SMILES string of the molecule is CSc1ccc(Cc2nnc(NC(=O)CCOc3ccccc3)o2)cc1. The van der Waals surface area contributed by atoms with Crippen molar-refractivity contribution in [2.75, 3.05) is 18.2 Å². The average molecular weight is 369 g/mol. The molecule has 0 saturated heterocycles. The normalized spacial score (nSPS) is 10.5. The predicted octanol–water partition coefficient (Wildman–Crippen LogP) is 3.79. The molecule has 0 radical (unpaired) electrons. The fourth-order valence-electron chi connectivity index (χ4n) is 2.25. The van der Waals surface area contributed by atoms with E-state index >= 15 is 0 Å². The predicted molar refractivity (Wildman–Crippen MR) is 101 cm³/mol. The van der Waals surface area contributed by atoms with Crippen molar-refractivity contribution in [3.63, 3.8) is 0 Å². The molecule has 1 N–H and O–H groups in total. The Morgan fingerprint density at radius 2 is 1.88 bits per heavy atom. The van der Waals surface area contributed by atoms with Gasteiger partial charge in [-0.05, 0) is 36.1 Å². The molecule has 26 heavy (non-hydrogen) atoms. The Kier molecular flexibility index (Phi) is 6.27. The number of hydrogen-bond donors (Lipinski definition) is 1. The van der Waals surface area contributed by atoms with Gasteiger partial charge in [0.05, 0.1) is 19.4 Å². The third-order valence-electron chi connectivity index (χ3n) is 3.57. The number of nitrogens with zero attached hydrogens (tertiary/aromatic N) is 2. The van der Waals surface area contributed by atoms with Gasteiger partial charge < -0.3 is 9.15 Å². The molecule has 1 aromatic heterocycles. The first-order chi connectivity index (χ1) is 12.7. The van der Waals surface area contributed by atoms with Gasteiger partial charge in [0, 0.05) is 4.90 Å². The smallest absolute Gasteiger partial charge is 0.322 e. The van der Waals surface area contributed by atoms with Gasteiger partial charge in [0.1, 0.15) is 5.75 Å². The summed E-state index contributed by atoms with van der Waals surface area (Å²) in [4.78, 5) is 13.1. The van der Waals surface area contributed by atoms with Crippen LogP contribution in [0.1, 0.15) is 17.9 Å². The summed E-state index contributed by atoms with van der Waals surface area (Å²) in [6.45, 7) is 0.276. The standard InChI is InChI=1S/C19H19N3O3S/c1-26-16-9-7-14(8-10-16)13-18-21-22-19(25-18)20-17(23)11-12-24-15-5-3-2-4-6-15/h2-10H,11-13H2,1H3,(H,20,22,23). The van der Waals surface area contributed by atoms with Gasteiger partial charge in [0.2, 0.25) is 11.8 Å². The summed E-state index contributed by atoms with van der Waals surface area (Å²) in [5.74, 6) is 0.950. The van der Waals surface area contributed by atoms with Crippen LogP contribution in [-0.4, -0.2) is 29.0 Å². The van der Waals surface area contributed by atoms with Crippen molar-refractivity contribution < 1.29 is 13.9 Å². The van der Waals surface area contributed by atoms with Crippen molar-refractivity contribution in [3.05, 3.63) is 66.1 Å². The minimum absolute atomic E-state index is 0.102. The lowest BCUT2D eigenvalue weighted by atomic mass is 10.1. The zero-order valence-electron chi connectivity index (χ0n) is 14.3. The summed E-state index contributed by atoms with van der Waals surface area (Å²) in [7, 11) is 0. The van der Waals surface area contributed by atoms with E-state index in [0.717, 1.165) is 11.3 Å². The maximum atomic E-state index is 11.9. The number of ether oxygens (including phenoxy) is 1. The number of aromatic nitrogens is 2. The molecule has 0 unspecified atom stereocenters. The highest BCUT2D eigenvalue weighted by Gasteiger charge is 2.10. The molecule has 0 aliphatic rings. The maximum Gasteiger partial charge on any atom is 0.322 e. The molecule has 2 aromatic carbocycles. The average Bonchev–Trinajstić information content (AvgIpc) is 3.10. The van der Waals surface area contributed by atoms with E-state index in [1.165, 1.54) is 4.90 Å². The van der Waals surface area contributed by atoms with Gasteiger partial charge in [-0.15, -0.1) is 16.9 Å². The second-order valence-electron chi connectivity index (χ2n) is 5.49. The molecule has 134 valence electrons. The molecule has 6 nitrogen and oxygen atoms in total. The van der Waals surface area contributed by atoms with Crippen molar-refractivity contribution in [1.29, 1.82) is 0 Å². The van der Waals surface area contributed by atoms with Crippen LogP contribution in [0.2, 0.25) is 0 Å². The summed E-state index contributed by atoms with van der Waals surface area (Å²) in [5.41, 5.74) is 1.07. The fraction of sp³-hybridized carbons (Fsp3) is 0.211. The highest BCUT2D eigenvalue weighted by atomic mass is 32.2. The number of anilines is 1. The number of para-hydroxylation sites is 1. The molecule has 0 saturated carbocycles. The van der Waals surface area contributed by atoms with Crippen LogP contribution in [0.5, 0.6) is 5.75 Å². The van der Waals surface area contributed by atoms with E-state index in [9.17, 15) is 4.79 Å². The first-order valence-electron chi connectivity index (χ1n) is 8.16. The second-order valence-corrected chi connectivity index (χ2v) is 6.37. The van der Waals surface area contributed by atoms with Crippen LogP contribution in [0.3, 0.4) is 0 Å². The van der Waals surface area contributed by atoms with Gasteiger partial charge in [0.25, 0.3) is 0 Å². The van der Waals surface area contributed by atoms with E-state index in [1.807, 2.05) is 60.9 Å². The lowest BCUT2D eigenvalue weighted by Crippen LogP contribution is -2.15. The van der Waals surface area contributed by atoms with Gasteiger partial charge in [-0.25, -0.2) is 0 Å². The molecule has 1 heterocycles. The van der Waals surface area contributed by atoms with E-state index in [-0.39, 0.29) is 24.9 Å². The highest BCUT2D eigenvalue weighted by Crippen LogP contribution is 2.17. The first kappa shape index (κ1) is 18.0. The zero-order chi connectivity index (χ0) is 18.2. The monoisotopic (exact) mass is 369 g/mol. The Balaban J connectivity index is 1.45. The molecule has 0 fully saturated rings. The van der Waals surface area contributed by atoms with Crippen LogP contribution < -0.4 is 10.1 Å². The number of thioether (sulfide) groups is 1. The molecule has 0 spiro atoms. The first-order valence-corrected chi connectivity index (χ1v) is 9.38. The van der Waals surface area contributed by atoms with Crippen LogP contribution >= 0.6 is 11.8 Å². The lowest BCUT2D eigenvalue weighted by molar-refractivity contribution is -0.116. The fourth-order valence-corrected chi connectivity index (χ4v) is 2.66. The summed E-state index contributed by atoms with van der Waals surface area (Å²) in [6.07, 6.45) is 2.75. The lowest BCUT2D eigenvalue weighted by Gasteiger charge is -2.04. The Morgan fingerprint density at radius 3 is 2.62 bits per heavy atom. The number of benzene rings is 2. The molecule has 0 aliphatic carbocycles. The molecule has 0 bridgehead atoms. The third-order valence-corrected chi connectivity index (χ3v) is 4.31. The topological polar surface area (TPSA) is 77.2 Å². The minimum Gasteiger partial charge on any atom is -0.493 e. The van der Waals surface area contributed by atoms with E-state index in [1.54, 1.807) is 11.8 Å². The van der Waals surface area contributed by atoms with Crippen molar-refractivity contribution in [2.24, 2.45) is 0 Å². The van der Waals surface area contributed by atoms with Crippen LogP contribution in [0.15, 0.2) is 63.9 Å².